The van der Waals surface area contributed by atoms with Crippen molar-refractivity contribution in [2.45, 2.75) is 51.1 Å². The number of likely N-dealkylation sites (tertiary alicyclic amines) is 1. The zero-order chi connectivity index (χ0) is 28.7. The van der Waals surface area contributed by atoms with Crippen LogP contribution >= 0.6 is 0 Å². The summed E-state index contributed by atoms with van der Waals surface area (Å²) in [4.78, 5) is 2.37. The first-order valence-electron chi connectivity index (χ1n) is 13.3. The number of ether oxygens (including phenoxy) is 2. The van der Waals surface area contributed by atoms with Gasteiger partial charge in [-0.05, 0) is 66.1 Å². The molecule has 2 heterocycles. The highest BCUT2D eigenvalue weighted by molar-refractivity contribution is 5.35. The highest BCUT2D eigenvalue weighted by atomic mass is 19.4. The van der Waals surface area contributed by atoms with E-state index >= 15 is 0 Å². The molecule has 0 radical (unpaired) electrons. The van der Waals surface area contributed by atoms with Gasteiger partial charge in [-0.1, -0.05) is 54.6 Å². The number of alkyl halides is 6. The van der Waals surface area contributed by atoms with E-state index < -0.39 is 35.9 Å². The maximum atomic E-state index is 13.5. The molecule has 0 bridgehead atoms. The molecule has 2 aliphatic heterocycles. The van der Waals surface area contributed by atoms with E-state index in [1.165, 1.54) is 12.5 Å². The van der Waals surface area contributed by atoms with Crippen LogP contribution in [0.25, 0.3) is 0 Å². The molecule has 0 amide bonds. The minimum atomic E-state index is -4.93. The van der Waals surface area contributed by atoms with Crippen molar-refractivity contribution in [1.29, 1.82) is 0 Å². The van der Waals surface area contributed by atoms with Crippen LogP contribution in [0.15, 0.2) is 72.8 Å². The molecule has 1 unspecified atom stereocenters. The predicted molar refractivity (Wildman–Crippen MR) is 138 cm³/mol. The Kier molecular flexibility index (Phi) is 8.01. The summed E-state index contributed by atoms with van der Waals surface area (Å²) in [5.41, 5.74) is 0.309. The first-order valence-corrected chi connectivity index (χ1v) is 13.3. The highest BCUT2D eigenvalue weighted by Crippen LogP contribution is 2.46. The van der Waals surface area contributed by atoms with Crippen molar-refractivity contribution in [2.24, 2.45) is 11.8 Å². The molecule has 3 nitrogen and oxygen atoms in total. The first kappa shape index (κ1) is 28.6. The van der Waals surface area contributed by atoms with E-state index in [2.05, 4.69) is 17.0 Å². The fraction of sp³-hybridized carbons (Fsp3) is 0.419. The van der Waals surface area contributed by atoms with E-state index in [0.717, 1.165) is 42.9 Å². The minimum absolute atomic E-state index is 0.133. The number of aryl methyl sites for hydroxylation is 1. The van der Waals surface area contributed by atoms with Gasteiger partial charge in [0, 0.05) is 25.6 Å². The first-order chi connectivity index (χ1) is 18.9. The third-order valence-electron chi connectivity index (χ3n) is 8.01. The fourth-order valence-electron chi connectivity index (χ4n) is 6.02. The zero-order valence-electron chi connectivity index (χ0n) is 22.2. The number of rotatable bonds is 6. The average Bonchev–Trinajstić information content (AvgIpc) is 3.31. The van der Waals surface area contributed by atoms with Crippen LogP contribution in [0.1, 0.15) is 52.3 Å². The lowest BCUT2D eigenvalue weighted by atomic mass is 9.76. The maximum absolute atomic E-state index is 13.5. The van der Waals surface area contributed by atoms with Gasteiger partial charge in [-0.25, -0.2) is 0 Å². The third-order valence-corrected chi connectivity index (χ3v) is 8.01. The summed E-state index contributed by atoms with van der Waals surface area (Å²) in [5, 5.41) is 0. The molecule has 3 aromatic rings. The lowest BCUT2D eigenvalue weighted by Gasteiger charge is -2.41. The van der Waals surface area contributed by atoms with Crippen LogP contribution in [0, 0.1) is 18.8 Å². The number of fused-ring (bicyclic) bond motifs is 1. The molecular formula is C31H31F6NO2. The second kappa shape index (κ2) is 11.2. The van der Waals surface area contributed by atoms with Crippen molar-refractivity contribution in [1.82, 2.24) is 4.90 Å². The van der Waals surface area contributed by atoms with E-state index in [1.807, 2.05) is 49.4 Å². The summed E-state index contributed by atoms with van der Waals surface area (Å²) in [6.45, 7) is 6.23. The molecule has 0 N–H and O–H groups in total. The number of hydrogen-bond donors (Lipinski definition) is 0. The fourth-order valence-corrected chi connectivity index (χ4v) is 6.02. The molecule has 2 saturated heterocycles. The van der Waals surface area contributed by atoms with Crippen molar-refractivity contribution in [2.75, 3.05) is 19.7 Å². The molecule has 2 fully saturated rings. The zero-order valence-corrected chi connectivity index (χ0v) is 22.2. The van der Waals surface area contributed by atoms with Gasteiger partial charge in [-0.15, -0.1) is 0 Å². The molecule has 5 rings (SSSR count). The SMILES string of the molecule is Cc1ccccc1[C@@H]1C(O[C@H](C)c2cc(C(F)(F)F)cc(C(F)(F)F)c2)OC[C@@H]2CN(Cc3ccccc3)C[C@H]21. The van der Waals surface area contributed by atoms with Crippen LogP contribution in [0.2, 0.25) is 0 Å². The molecular weight excluding hydrogens is 532 g/mol. The minimum Gasteiger partial charge on any atom is -0.352 e. The normalized spacial score (nSPS) is 24.6. The Hall–Kier alpha value is -2.88. The maximum Gasteiger partial charge on any atom is 0.416 e. The molecule has 0 spiro atoms. The molecule has 5 atom stereocenters. The van der Waals surface area contributed by atoms with Crippen molar-refractivity contribution < 1.29 is 35.8 Å². The molecule has 0 aromatic heterocycles. The topological polar surface area (TPSA) is 21.7 Å². The monoisotopic (exact) mass is 563 g/mol. The van der Waals surface area contributed by atoms with Crippen molar-refractivity contribution in [3.05, 3.63) is 106 Å². The van der Waals surface area contributed by atoms with Gasteiger partial charge in [0.1, 0.15) is 0 Å². The van der Waals surface area contributed by atoms with E-state index in [-0.39, 0.29) is 29.4 Å². The Bertz CT molecular complexity index is 1280. The Balaban J connectivity index is 1.43. The molecule has 2 aliphatic rings. The van der Waals surface area contributed by atoms with Crippen LogP contribution in [0.3, 0.4) is 0 Å². The van der Waals surface area contributed by atoms with Crippen LogP contribution in [0.5, 0.6) is 0 Å². The molecule has 9 heteroatoms. The molecule has 3 aromatic carbocycles. The van der Waals surface area contributed by atoms with E-state index in [9.17, 15) is 26.3 Å². The summed E-state index contributed by atoms with van der Waals surface area (Å²) in [5.74, 6) is 0.118. The highest BCUT2D eigenvalue weighted by Gasteiger charge is 2.47. The number of hydrogen-bond acceptors (Lipinski definition) is 3. The van der Waals surface area contributed by atoms with Gasteiger partial charge in [-0.3, -0.25) is 4.90 Å². The molecule has 40 heavy (non-hydrogen) atoms. The van der Waals surface area contributed by atoms with Crippen LogP contribution in [0.4, 0.5) is 26.3 Å². The van der Waals surface area contributed by atoms with Gasteiger partial charge >= 0.3 is 12.4 Å². The molecule has 214 valence electrons. The van der Waals surface area contributed by atoms with Gasteiger partial charge in [0.2, 0.25) is 0 Å². The summed E-state index contributed by atoms with van der Waals surface area (Å²) in [6, 6.07) is 19.6. The number of nitrogens with zero attached hydrogens (tertiary/aromatic N) is 1. The van der Waals surface area contributed by atoms with Gasteiger partial charge in [0.25, 0.3) is 0 Å². The van der Waals surface area contributed by atoms with E-state index in [0.29, 0.717) is 6.61 Å². The summed E-state index contributed by atoms with van der Waals surface area (Å²) >= 11 is 0. The summed E-state index contributed by atoms with van der Waals surface area (Å²) < 4.78 is 93.4. The Labute approximate surface area is 229 Å². The van der Waals surface area contributed by atoms with E-state index in [4.69, 9.17) is 9.47 Å². The second-order valence-corrected chi connectivity index (χ2v) is 10.8. The summed E-state index contributed by atoms with van der Waals surface area (Å²) in [6.07, 6.45) is -11.8. The number of benzene rings is 3. The van der Waals surface area contributed by atoms with Crippen molar-refractivity contribution >= 4 is 0 Å². The van der Waals surface area contributed by atoms with E-state index in [1.54, 1.807) is 0 Å². The van der Waals surface area contributed by atoms with Gasteiger partial charge in [0.15, 0.2) is 6.29 Å². The Morgan fingerprint density at radius 1 is 0.875 bits per heavy atom. The van der Waals surface area contributed by atoms with Crippen LogP contribution in [-0.4, -0.2) is 30.9 Å². The lowest BCUT2D eigenvalue weighted by Crippen LogP contribution is -2.42. The number of halogens is 6. The largest absolute Gasteiger partial charge is 0.416 e. The lowest BCUT2D eigenvalue weighted by molar-refractivity contribution is -0.217. The summed E-state index contributed by atoms with van der Waals surface area (Å²) in [7, 11) is 0. The van der Waals surface area contributed by atoms with Crippen LogP contribution in [-0.2, 0) is 28.4 Å². The van der Waals surface area contributed by atoms with Crippen LogP contribution < -0.4 is 0 Å². The Morgan fingerprint density at radius 2 is 1.50 bits per heavy atom. The third kappa shape index (κ3) is 6.21. The smallest absolute Gasteiger partial charge is 0.352 e. The Morgan fingerprint density at radius 3 is 2.12 bits per heavy atom. The molecule has 0 saturated carbocycles. The quantitative estimate of drug-likeness (QED) is 0.284. The average molecular weight is 564 g/mol. The van der Waals surface area contributed by atoms with Crippen molar-refractivity contribution in [3.8, 4) is 0 Å². The van der Waals surface area contributed by atoms with Crippen molar-refractivity contribution in [3.63, 3.8) is 0 Å². The molecule has 0 aliphatic carbocycles. The standard InChI is InChI=1S/C31H31F6NO2/c1-19-8-6-7-11-26(19)28-27-17-38(15-21-9-4-3-5-10-21)16-23(27)18-39-29(28)40-20(2)22-12-24(30(32,33)34)14-25(13-22)31(35,36)37/h3-14,20,23,27-29H,15-18H2,1-2H3/t20-,23+,27-,28+,29?/m1/s1. The predicted octanol–water partition coefficient (Wildman–Crippen LogP) is 8.00. The van der Waals surface area contributed by atoms with Gasteiger partial charge in [0.05, 0.1) is 23.8 Å². The van der Waals surface area contributed by atoms with Gasteiger partial charge in [-0.2, -0.15) is 26.3 Å². The van der Waals surface area contributed by atoms with Gasteiger partial charge < -0.3 is 9.47 Å². The second-order valence-electron chi connectivity index (χ2n) is 10.8.